The number of hydrogen-bond donors (Lipinski definition) is 2. The number of aromatic amines is 1. The van der Waals surface area contributed by atoms with Gasteiger partial charge in [0.15, 0.2) is 18.0 Å². The van der Waals surface area contributed by atoms with Crippen LogP contribution in [0.1, 0.15) is 46.3 Å². The van der Waals surface area contributed by atoms with Crippen LogP contribution in [-0.2, 0) is 42.4 Å². The lowest BCUT2D eigenvalue weighted by Gasteiger charge is -2.28. The Morgan fingerprint density at radius 3 is 2.48 bits per heavy atom. The second kappa shape index (κ2) is 13.8. The van der Waals surface area contributed by atoms with E-state index in [-0.39, 0.29) is 31.6 Å². The van der Waals surface area contributed by atoms with Gasteiger partial charge in [0.2, 0.25) is 0 Å². The number of benzene rings is 1. The largest absolute Gasteiger partial charge is 0.466 e. The highest BCUT2D eigenvalue weighted by molar-refractivity contribution is 7.52. The molecule has 2 aliphatic heterocycles. The highest BCUT2D eigenvalue weighted by Crippen LogP contribution is 2.48. The lowest BCUT2D eigenvalue weighted by Crippen LogP contribution is -2.46. The molecule has 2 aliphatic rings. The number of carbonyl (C=O) groups is 3. The summed E-state index contributed by atoms with van der Waals surface area (Å²) >= 11 is 0. The van der Waals surface area contributed by atoms with Gasteiger partial charge in [-0.15, -0.1) is 0 Å². The van der Waals surface area contributed by atoms with Crippen LogP contribution in [0.3, 0.4) is 0 Å². The number of H-pyrrole nitrogens is 1. The highest BCUT2D eigenvalue weighted by Gasteiger charge is 2.58. The molecule has 2 fully saturated rings. The minimum absolute atomic E-state index is 0.0281. The Balaban J connectivity index is 1.67. The van der Waals surface area contributed by atoms with E-state index in [2.05, 4.69) is 5.09 Å². The molecule has 0 bridgehead atoms. The van der Waals surface area contributed by atoms with E-state index >= 15 is 4.39 Å². The summed E-state index contributed by atoms with van der Waals surface area (Å²) < 4.78 is 64.0. The zero-order valence-electron chi connectivity index (χ0n) is 24.1. The van der Waals surface area contributed by atoms with Crippen LogP contribution in [0.5, 0.6) is 5.75 Å². The van der Waals surface area contributed by atoms with Gasteiger partial charge in [0.1, 0.15) is 24.0 Å². The number of esters is 3. The molecular weight excluding hydrogens is 608 g/mol. The van der Waals surface area contributed by atoms with Crippen molar-refractivity contribution in [1.29, 1.82) is 0 Å². The maximum atomic E-state index is 16.4. The van der Waals surface area contributed by atoms with Crippen LogP contribution in [0.2, 0.25) is 0 Å². The summed E-state index contributed by atoms with van der Waals surface area (Å²) in [5.41, 5.74) is -4.31. The number of halogens is 1. The molecule has 0 aliphatic carbocycles. The van der Waals surface area contributed by atoms with E-state index in [1.54, 1.807) is 18.2 Å². The van der Waals surface area contributed by atoms with Gasteiger partial charge in [0.05, 0.1) is 19.6 Å². The number of aromatic nitrogens is 2. The van der Waals surface area contributed by atoms with Crippen LogP contribution in [0.4, 0.5) is 4.39 Å². The number of alkyl halides is 1. The fourth-order valence-electron chi connectivity index (χ4n) is 4.55. The molecule has 7 atom stereocenters. The summed E-state index contributed by atoms with van der Waals surface area (Å²) in [6.45, 7) is 2.94. The van der Waals surface area contributed by atoms with Crippen molar-refractivity contribution in [3.05, 3.63) is 63.4 Å². The van der Waals surface area contributed by atoms with Crippen molar-refractivity contribution in [2.45, 2.75) is 76.3 Å². The van der Waals surface area contributed by atoms with E-state index in [1.807, 2.05) is 4.98 Å². The molecule has 17 heteroatoms. The normalized spacial score (nSPS) is 32.7. The Morgan fingerprint density at radius 1 is 1.05 bits per heavy atom. The number of nitrogens with one attached hydrogen (secondary N) is 2. The van der Waals surface area contributed by atoms with Gasteiger partial charge in [0.25, 0.3) is 5.56 Å². The van der Waals surface area contributed by atoms with E-state index in [9.17, 15) is 28.5 Å². The molecule has 0 radical (unpaired) electrons. The van der Waals surface area contributed by atoms with Gasteiger partial charge in [-0.3, -0.25) is 33.3 Å². The smallest absolute Gasteiger partial charge is 0.459 e. The number of para-hydroxylation sites is 1. The summed E-state index contributed by atoms with van der Waals surface area (Å²) in [6, 6.07) is 7.50. The molecule has 0 amide bonds. The lowest BCUT2D eigenvalue weighted by molar-refractivity contribution is -0.160. The Labute approximate surface area is 250 Å². The van der Waals surface area contributed by atoms with Crippen LogP contribution in [-0.4, -0.2) is 70.7 Å². The molecule has 1 aromatic carbocycles. The molecule has 240 valence electrons. The second-order valence-electron chi connectivity index (χ2n) is 10.4. The van der Waals surface area contributed by atoms with Gasteiger partial charge in [-0.25, -0.2) is 13.8 Å². The SMILES string of the molecule is C[C@@H]1NP(=O)(Oc2ccccc2)OC[C@H]2O[C@@H](n3ccc(=O)[nH]c3=O)[C@](C)(F)[C@@H]2OC(=O)CCCOC(=O)C[C@H](C)OC1=O. The first-order chi connectivity index (χ1) is 20.8. The third-order valence-corrected chi connectivity index (χ3v) is 8.33. The molecule has 0 saturated carbocycles. The summed E-state index contributed by atoms with van der Waals surface area (Å²) in [6.07, 6.45) is -5.32. The number of ether oxygens (including phenoxy) is 4. The van der Waals surface area contributed by atoms with Crippen molar-refractivity contribution in [2.24, 2.45) is 0 Å². The van der Waals surface area contributed by atoms with Crippen molar-refractivity contribution in [2.75, 3.05) is 13.2 Å². The Kier molecular flexibility index (Phi) is 10.4. The van der Waals surface area contributed by atoms with Gasteiger partial charge in [-0.2, -0.15) is 5.09 Å². The van der Waals surface area contributed by atoms with Crippen molar-refractivity contribution in [3.63, 3.8) is 0 Å². The molecule has 0 spiro atoms. The number of hydrogen-bond acceptors (Lipinski definition) is 12. The standard InChI is InChI=1S/C27H33FN3O12P/c1-16-14-22(34)38-13-7-10-21(33)42-23-19(41-25(27(23,3)28)31-12-11-20(32)29-26(31)36)15-39-44(37,30-17(2)24(35)40-16)43-18-8-5-4-6-9-18/h4-6,8-9,11-12,16-17,19,23,25H,7,10,13-15H2,1-3H3,(H,30,37)(H,29,32,36)/t16-,17-,19+,23+,25+,27+,44?/m0/s1. The Bertz CT molecular complexity index is 1510. The Morgan fingerprint density at radius 2 is 1.77 bits per heavy atom. The number of fused-ring (bicyclic) bond motifs is 1. The monoisotopic (exact) mass is 641 g/mol. The van der Waals surface area contributed by atoms with Crippen LogP contribution in [0.25, 0.3) is 0 Å². The van der Waals surface area contributed by atoms with Crippen molar-refractivity contribution >= 4 is 25.7 Å². The summed E-state index contributed by atoms with van der Waals surface area (Å²) in [4.78, 5) is 63.8. The summed E-state index contributed by atoms with van der Waals surface area (Å²) in [5, 5.41) is 2.46. The number of cyclic esters (lactones) is 2. The first kappa shape index (κ1) is 33.1. The van der Waals surface area contributed by atoms with Gasteiger partial charge >= 0.3 is 31.3 Å². The van der Waals surface area contributed by atoms with Crippen LogP contribution in [0, 0.1) is 0 Å². The van der Waals surface area contributed by atoms with E-state index in [4.69, 9.17) is 28.0 Å². The third kappa shape index (κ3) is 8.20. The molecule has 2 N–H and O–H groups in total. The molecule has 2 saturated heterocycles. The Hall–Kier alpha value is -3.85. The zero-order chi connectivity index (χ0) is 32.1. The zero-order valence-corrected chi connectivity index (χ0v) is 25.0. The van der Waals surface area contributed by atoms with Crippen LogP contribution in [0.15, 0.2) is 52.2 Å². The number of carbonyl (C=O) groups excluding carboxylic acids is 3. The van der Waals surface area contributed by atoms with Gasteiger partial charge in [-0.1, -0.05) is 18.2 Å². The molecule has 1 aromatic heterocycles. The van der Waals surface area contributed by atoms with Gasteiger partial charge in [-0.05, 0) is 39.3 Å². The average Bonchev–Trinajstić information content (AvgIpc) is 3.19. The highest BCUT2D eigenvalue weighted by atomic mass is 31.2. The van der Waals surface area contributed by atoms with Crippen molar-refractivity contribution < 1.29 is 51.3 Å². The van der Waals surface area contributed by atoms with Crippen LogP contribution >= 0.6 is 7.75 Å². The first-order valence-electron chi connectivity index (χ1n) is 13.8. The van der Waals surface area contributed by atoms with Crippen molar-refractivity contribution in [3.8, 4) is 5.75 Å². The fraction of sp³-hybridized carbons (Fsp3) is 0.519. The average molecular weight is 642 g/mol. The maximum Gasteiger partial charge on any atom is 0.459 e. The summed E-state index contributed by atoms with van der Waals surface area (Å²) in [5.74, 6) is -2.37. The fourth-order valence-corrected chi connectivity index (χ4v) is 6.05. The van der Waals surface area contributed by atoms with E-state index in [1.165, 1.54) is 26.0 Å². The van der Waals surface area contributed by atoms with E-state index in [0.717, 1.165) is 23.8 Å². The molecule has 4 rings (SSSR count). The quantitative estimate of drug-likeness (QED) is 0.281. The molecular formula is C27H33FN3O12P. The van der Waals surface area contributed by atoms with Crippen molar-refractivity contribution in [1.82, 2.24) is 14.6 Å². The molecule has 2 aromatic rings. The third-order valence-electron chi connectivity index (χ3n) is 6.69. The lowest BCUT2D eigenvalue weighted by atomic mass is 9.98. The number of rotatable bonds is 3. The minimum Gasteiger partial charge on any atom is -0.466 e. The maximum absolute atomic E-state index is 16.4. The topological polar surface area (TPSA) is 191 Å². The molecule has 1 unspecified atom stereocenters. The number of nitrogens with zero attached hydrogens (tertiary/aromatic N) is 1. The second-order valence-corrected chi connectivity index (χ2v) is 12.1. The minimum atomic E-state index is -4.49. The van der Waals surface area contributed by atoms with Gasteiger partial charge < -0.3 is 23.5 Å². The van der Waals surface area contributed by atoms with E-state index < -0.39 is 79.8 Å². The van der Waals surface area contributed by atoms with E-state index in [0.29, 0.717) is 0 Å². The van der Waals surface area contributed by atoms with Crippen LogP contribution < -0.4 is 20.9 Å². The predicted molar refractivity (Wildman–Crippen MR) is 148 cm³/mol. The van der Waals surface area contributed by atoms with Gasteiger partial charge in [0, 0.05) is 18.7 Å². The molecule has 15 nitrogen and oxygen atoms in total. The molecule has 3 heterocycles. The summed E-state index contributed by atoms with van der Waals surface area (Å²) in [7, 11) is -4.49. The predicted octanol–water partition coefficient (Wildman–Crippen LogP) is 1.91. The molecule has 44 heavy (non-hydrogen) atoms. The first-order valence-corrected chi connectivity index (χ1v) is 15.3.